The zero-order chi connectivity index (χ0) is 7.84. The van der Waals surface area contributed by atoms with Crippen LogP contribution in [0.4, 0.5) is 0 Å². The first-order valence-corrected chi connectivity index (χ1v) is 4.39. The molecule has 1 aliphatic carbocycles. The maximum atomic E-state index is 11.4. The summed E-state index contributed by atoms with van der Waals surface area (Å²) in [7, 11) is 1.82. The predicted molar refractivity (Wildman–Crippen MR) is 46.1 cm³/mol. The molecule has 1 aromatic heterocycles. The summed E-state index contributed by atoms with van der Waals surface area (Å²) in [5, 5.41) is 0. The Morgan fingerprint density at radius 1 is 1.45 bits per heavy atom. The van der Waals surface area contributed by atoms with Crippen LogP contribution in [0.15, 0.2) is 16.9 Å². The van der Waals surface area contributed by atoms with E-state index in [1.807, 2.05) is 7.05 Å². The summed E-state index contributed by atoms with van der Waals surface area (Å²) in [4.78, 5) is 12.6. The molecule has 0 bridgehead atoms. The number of hydrogen-bond acceptors (Lipinski definition) is 2. The summed E-state index contributed by atoms with van der Waals surface area (Å²) in [6.45, 7) is 0. The molecule has 1 heterocycles. The average Bonchev–Trinajstić information content (AvgIpc) is 2.30. The van der Waals surface area contributed by atoms with Crippen LogP contribution in [0, 0.1) is 0 Å². The van der Waals surface area contributed by atoms with Gasteiger partial charge in [-0.1, -0.05) is 23.7 Å². The fourth-order valence-corrected chi connectivity index (χ4v) is 2.30. The lowest BCUT2D eigenvalue weighted by Crippen LogP contribution is -2.13. The van der Waals surface area contributed by atoms with E-state index >= 15 is 0 Å². The summed E-state index contributed by atoms with van der Waals surface area (Å²) < 4.78 is 1.71. The standard InChI is InChI=1S/C8H9NOS/c1-9-8(10)6-4-2-3-5-7(6)11-9/h2-3H,4-5H2,1H3. The molecule has 1 aliphatic rings. The van der Waals surface area contributed by atoms with Crippen molar-refractivity contribution in [3.63, 3.8) is 0 Å². The first-order valence-electron chi connectivity index (χ1n) is 3.62. The quantitative estimate of drug-likeness (QED) is 0.530. The minimum Gasteiger partial charge on any atom is -0.268 e. The molecule has 0 spiro atoms. The molecule has 0 N–H and O–H groups in total. The fourth-order valence-electron chi connectivity index (χ4n) is 1.32. The molecule has 0 radical (unpaired) electrons. The van der Waals surface area contributed by atoms with Crippen molar-refractivity contribution in [2.24, 2.45) is 7.05 Å². The van der Waals surface area contributed by atoms with Crippen molar-refractivity contribution in [3.05, 3.63) is 32.9 Å². The summed E-state index contributed by atoms with van der Waals surface area (Å²) >= 11 is 1.57. The Kier molecular flexibility index (Phi) is 1.46. The Morgan fingerprint density at radius 3 is 2.91 bits per heavy atom. The molecule has 2 rings (SSSR count). The number of nitrogens with zero attached hydrogens (tertiary/aromatic N) is 1. The summed E-state index contributed by atoms with van der Waals surface area (Å²) in [5.74, 6) is 0. The SMILES string of the molecule is Cn1sc2c(c1=O)CC=CC2. The Labute approximate surface area is 68.9 Å². The molecule has 3 heteroatoms. The minimum atomic E-state index is 0.189. The molecule has 0 fully saturated rings. The van der Waals surface area contributed by atoms with Crippen LogP contribution < -0.4 is 5.56 Å². The Hall–Kier alpha value is -0.830. The molecular weight excluding hydrogens is 158 g/mol. The predicted octanol–water partition coefficient (Wildman–Crippen LogP) is 1.10. The smallest absolute Gasteiger partial charge is 0.264 e. The van der Waals surface area contributed by atoms with E-state index in [2.05, 4.69) is 12.2 Å². The molecule has 1 aromatic rings. The molecule has 0 saturated heterocycles. The molecule has 0 amide bonds. The number of allylic oxidation sites excluding steroid dienone is 2. The summed E-state index contributed by atoms with van der Waals surface area (Å²) in [6, 6.07) is 0. The van der Waals surface area contributed by atoms with Crippen molar-refractivity contribution >= 4 is 11.5 Å². The lowest BCUT2D eigenvalue weighted by atomic mass is 10.1. The van der Waals surface area contributed by atoms with Gasteiger partial charge in [-0.25, -0.2) is 0 Å². The van der Waals surface area contributed by atoms with Gasteiger partial charge >= 0.3 is 0 Å². The third-order valence-electron chi connectivity index (χ3n) is 1.92. The van der Waals surface area contributed by atoms with E-state index < -0.39 is 0 Å². The maximum absolute atomic E-state index is 11.4. The van der Waals surface area contributed by atoms with E-state index in [4.69, 9.17) is 0 Å². The van der Waals surface area contributed by atoms with Gasteiger partial charge in [-0.15, -0.1) is 0 Å². The maximum Gasteiger partial charge on any atom is 0.264 e. The first-order chi connectivity index (χ1) is 5.29. The molecule has 0 atom stereocenters. The highest BCUT2D eigenvalue weighted by atomic mass is 32.1. The molecule has 11 heavy (non-hydrogen) atoms. The highest BCUT2D eigenvalue weighted by Gasteiger charge is 2.12. The second kappa shape index (κ2) is 2.34. The number of aromatic nitrogens is 1. The van der Waals surface area contributed by atoms with E-state index in [1.54, 1.807) is 15.5 Å². The van der Waals surface area contributed by atoms with Gasteiger partial charge in [0.05, 0.1) is 0 Å². The van der Waals surface area contributed by atoms with E-state index in [1.165, 1.54) is 4.88 Å². The van der Waals surface area contributed by atoms with Gasteiger partial charge in [-0.05, 0) is 6.42 Å². The zero-order valence-electron chi connectivity index (χ0n) is 6.33. The summed E-state index contributed by atoms with van der Waals surface area (Å²) in [6.07, 6.45) is 5.95. The third-order valence-corrected chi connectivity index (χ3v) is 2.99. The van der Waals surface area contributed by atoms with Crippen LogP contribution in [0.1, 0.15) is 10.4 Å². The topological polar surface area (TPSA) is 22.0 Å². The number of hydrogen-bond donors (Lipinski definition) is 0. The van der Waals surface area contributed by atoms with Crippen LogP contribution in [0.25, 0.3) is 0 Å². The van der Waals surface area contributed by atoms with Gasteiger partial charge < -0.3 is 0 Å². The van der Waals surface area contributed by atoms with E-state index in [0.29, 0.717) is 0 Å². The Balaban J connectivity index is 2.64. The minimum absolute atomic E-state index is 0.189. The number of fused-ring (bicyclic) bond motifs is 1. The van der Waals surface area contributed by atoms with Crippen molar-refractivity contribution in [2.45, 2.75) is 12.8 Å². The van der Waals surface area contributed by atoms with Crippen molar-refractivity contribution in [1.29, 1.82) is 0 Å². The van der Waals surface area contributed by atoms with E-state index in [9.17, 15) is 4.79 Å². The van der Waals surface area contributed by atoms with Crippen LogP contribution in [-0.4, -0.2) is 3.96 Å². The monoisotopic (exact) mass is 167 g/mol. The molecule has 0 aliphatic heterocycles. The Bertz CT molecular complexity index is 359. The van der Waals surface area contributed by atoms with Crippen LogP contribution in [0.2, 0.25) is 0 Å². The van der Waals surface area contributed by atoms with Gasteiger partial charge in [-0.2, -0.15) is 0 Å². The van der Waals surface area contributed by atoms with Gasteiger partial charge in [0.2, 0.25) is 0 Å². The van der Waals surface area contributed by atoms with E-state index in [-0.39, 0.29) is 5.56 Å². The van der Waals surface area contributed by atoms with Crippen molar-refractivity contribution < 1.29 is 0 Å². The van der Waals surface area contributed by atoms with Gasteiger partial charge in [0.25, 0.3) is 5.56 Å². The van der Waals surface area contributed by atoms with Crippen molar-refractivity contribution in [1.82, 2.24) is 3.96 Å². The number of aryl methyl sites for hydroxylation is 1. The second-order valence-corrected chi connectivity index (χ2v) is 3.90. The van der Waals surface area contributed by atoms with Gasteiger partial charge in [0, 0.05) is 23.9 Å². The Morgan fingerprint density at radius 2 is 2.18 bits per heavy atom. The highest BCUT2D eigenvalue weighted by Crippen LogP contribution is 2.17. The van der Waals surface area contributed by atoms with Crippen molar-refractivity contribution in [2.75, 3.05) is 0 Å². The molecular formula is C8H9NOS. The lowest BCUT2D eigenvalue weighted by molar-refractivity contribution is 0.954. The molecule has 2 nitrogen and oxygen atoms in total. The molecule has 0 aromatic carbocycles. The van der Waals surface area contributed by atoms with Crippen LogP contribution >= 0.6 is 11.5 Å². The molecule has 0 unspecified atom stereocenters. The van der Waals surface area contributed by atoms with Crippen LogP contribution in [-0.2, 0) is 19.9 Å². The van der Waals surface area contributed by atoms with Crippen molar-refractivity contribution in [3.8, 4) is 0 Å². The van der Waals surface area contributed by atoms with Crippen LogP contribution in [0.5, 0.6) is 0 Å². The third kappa shape index (κ3) is 0.959. The largest absolute Gasteiger partial charge is 0.268 e. The number of rotatable bonds is 0. The van der Waals surface area contributed by atoms with Gasteiger partial charge in [0.1, 0.15) is 0 Å². The lowest BCUT2D eigenvalue weighted by Gasteiger charge is -1.99. The van der Waals surface area contributed by atoms with Gasteiger partial charge in [0.15, 0.2) is 0 Å². The average molecular weight is 167 g/mol. The van der Waals surface area contributed by atoms with Crippen LogP contribution in [0.3, 0.4) is 0 Å². The highest BCUT2D eigenvalue weighted by molar-refractivity contribution is 7.06. The fraction of sp³-hybridized carbons (Fsp3) is 0.375. The molecule has 58 valence electrons. The molecule has 0 saturated carbocycles. The first kappa shape index (κ1) is 6.85. The van der Waals surface area contributed by atoms with E-state index in [0.717, 1.165) is 18.4 Å². The normalized spacial score (nSPS) is 15.0. The summed E-state index contributed by atoms with van der Waals surface area (Å²) in [5.41, 5.74) is 1.19. The second-order valence-electron chi connectivity index (χ2n) is 2.68. The zero-order valence-corrected chi connectivity index (χ0v) is 7.15. The van der Waals surface area contributed by atoms with Gasteiger partial charge in [-0.3, -0.25) is 8.75 Å².